The smallest absolute Gasteiger partial charge is 0.269 e. The van der Waals surface area contributed by atoms with Crippen molar-refractivity contribution in [3.63, 3.8) is 0 Å². The van der Waals surface area contributed by atoms with Crippen LogP contribution in [-0.2, 0) is 13.2 Å². The third-order valence-electron chi connectivity index (χ3n) is 4.33. The van der Waals surface area contributed by atoms with Gasteiger partial charge in [-0.2, -0.15) is 0 Å². The van der Waals surface area contributed by atoms with Crippen LogP contribution in [0.1, 0.15) is 18.1 Å². The van der Waals surface area contributed by atoms with E-state index in [4.69, 9.17) is 32.7 Å². The number of non-ortho nitro benzene ring substituents is 1. The fraction of sp³-hybridized carbons (Fsp3) is 0.182. The molecular weight excluding hydrogens is 507 g/mol. The van der Waals surface area contributed by atoms with Gasteiger partial charge in [0, 0.05) is 40.0 Å². The Morgan fingerprint density at radius 3 is 2.45 bits per heavy atom. The molecule has 162 valence electrons. The molecule has 31 heavy (non-hydrogen) atoms. The lowest BCUT2D eigenvalue weighted by Gasteiger charge is -2.16. The van der Waals surface area contributed by atoms with E-state index in [9.17, 15) is 10.1 Å². The van der Waals surface area contributed by atoms with Gasteiger partial charge in [-0.3, -0.25) is 10.1 Å². The van der Waals surface area contributed by atoms with E-state index in [1.807, 2.05) is 25.1 Å². The van der Waals surface area contributed by atoms with Crippen molar-refractivity contribution in [3.8, 4) is 11.5 Å². The Morgan fingerprint density at radius 1 is 1.06 bits per heavy atom. The van der Waals surface area contributed by atoms with E-state index in [1.54, 1.807) is 24.3 Å². The Hall–Kier alpha value is -2.48. The largest absolute Gasteiger partial charge is 0.490 e. The Morgan fingerprint density at radius 2 is 1.81 bits per heavy atom. The Kier molecular flexibility index (Phi) is 8.01. The standard InChI is InChI=1S/C22H19BrCl2N2O4/c1-2-30-21-10-14(12-26-17-5-7-18(8-6-17)27(28)29)9-19(23)22(21)31-13-15-3-4-16(24)11-20(15)25/h3-11,26H,2,12-13H2,1H3. The number of nitrogens with one attached hydrogen (secondary N) is 1. The van der Waals surface area contributed by atoms with Gasteiger partial charge < -0.3 is 14.8 Å². The van der Waals surface area contributed by atoms with Crippen LogP contribution in [0.5, 0.6) is 11.5 Å². The number of nitrogens with zero attached hydrogens (tertiary/aromatic N) is 1. The molecule has 1 N–H and O–H groups in total. The van der Waals surface area contributed by atoms with Crippen molar-refractivity contribution in [1.29, 1.82) is 0 Å². The highest BCUT2D eigenvalue weighted by atomic mass is 79.9. The zero-order valence-electron chi connectivity index (χ0n) is 16.5. The summed E-state index contributed by atoms with van der Waals surface area (Å²) >= 11 is 15.7. The summed E-state index contributed by atoms with van der Waals surface area (Å²) < 4.78 is 12.5. The lowest BCUT2D eigenvalue weighted by molar-refractivity contribution is -0.384. The molecule has 0 amide bonds. The number of hydrogen-bond acceptors (Lipinski definition) is 5. The maximum atomic E-state index is 10.8. The second-order valence-electron chi connectivity index (χ2n) is 6.52. The maximum Gasteiger partial charge on any atom is 0.269 e. The summed E-state index contributed by atoms with van der Waals surface area (Å²) in [5, 5.41) is 15.1. The van der Waals surface area contributed by atoms with Gasteiger partial charge in [0.25, 0.3) is 5.69 Å². The molecule has 0 spiro atoms. The van der Waals surface area contributed by atoms with Gasteiger partial charge in [0.2, 0.25) is 0 Å². The SMILES string of the molecule is CCOc1cc(CNc2ccc([N+](=O)[O-])cc2)cc(Br)c1OCc1ccc(Cl)cc1Cl. The van der Waals surface area contributed by atoms with Crippen LogP contribution in [0.2, 0.25) is 10.0 Å². The van der Waals surface area contributed by atoms with Gasteiger partial charge in [-0.15, -0.1) is 0 Å². The summed E-state index contributed by atoms with van der Waals surface area (Å²) in [5.74, 6) is 1.18. The van der Waals surface area contributed by atoms with Crippen molar-refractivity contribution in [3.05, 3.63) is 90.4 Å². The molecule has 3 rings (SSSR count). The first-order chi connectivity index (χ1) is 14.9. The van der Waals surface area contributed by atoms with Gasteiger partial charge in [-0.25, -0.2) is 0 Å². The van der Waals surface area contributed by atoms with Gasteiger partial charge >= 0.3 is 0 Å². The van der Waals surface area contributed by atoms with E-state index >= 15 is 0 Å². The molecule has 0 saturated heterocycles. The lowest BCUT2D eigenvalue weighted by Crippen LogP contribution is -2.04. The normalized spacial score (nSPS) is 10.6. The first-order valence-corrected chi connectivity index (χ1v) is 10.9. The molecule has 3 aromatic carbocycles. The summed E-state index contributed by atoms with van der Waals surface area (Å²) in [7, 11) is 0. The summed E-state index contributed by atoms with van der Waals surface area (Å²) in [4.78, 5) is 10.4. The second kappa shape index (κ2) is 10.7. The molecule has 0 radical (unpaired) electrons. The molecule has 0 bridgehead atoms. The molecule has 0 saturated carbocycles. The predicted octanol–water partition coefficient (Wildman–Crippen LogP) is 7.25. The van der Waals surface area contributed by atoms with Crippen molar-refractivity contribution in [2.24, 2.45) is 0 Å². The van der Waals surface area contributed by atoms with E-state index in [0.717, 1.165) is 21.3 Å². The number of halogens is 3. The molecule has 0 fully saturated rings. The van der Waals surface area contributed by atoms with E-state index < -0.39 is 4.92 Å². The van der Waals surface area contributed by atoms with Gasteiger partial charge in [0.15, 0.2) is 11.5 Å². The van der Waals surface area contributed by atoms with Crippen LogP contribution in [0.25, 0.3) is 0 Å². The monoisotopic (exact) mass is 524 g/mol. The molecule has 0 aliphatic rings. The van der Waals surface area contributed by atoms with Crippen molar-refractivity contribution < 1.29 is 14.4 Å². The maximum absolute atomic E-state index is 10.8. The third-order valence-corrected chi connectivity index (χ3v) is 5.51. The molecule has 0 aliphatic carbocycles. The zero-order valence-corrected chi connectivity index (χ0v) is 19.6. The average Bonchev–Trinajstić information content (AvgIpc) is 2.73. The lowest BCUT2D eigenvalue weighted by atomic mass is 10.2. The quantitative estimate of drug-likeness (QED) is 0.235. The number of hydrogen-bond donors (Lipinski definition) is 1. The number of nitro benzene ring substituents is 1. The summed E-state index contributed by atoms with van der Waals surface area (Å²) in [6, 6.07) is 15.3. The fourth-order valence-corrected chi connectivity index (χ4v) is 3.89. The number of benzene rings is 3. The van der Waals surface area contributed by atoms with Crippen LogP contribution >= 0.6 is 39.1 Å². The number of ether oxygens (including phenoxy) is 2. The van der Waals surface area contributed by atoms with E-state index in [2.05, 4.69) is 21.2 Å². The number of anilines is 1. The molecule has 0 unspecified atom stereocenters. The predicted molar refractivity (Wildman–Crippen MR) is 127 cm³/mol. The Bertz CT molecular complexity index is 1080. The van der Waals surface area contributed by atoms with Crippen LogP contribution in [0, 0.1) is 10.1 Å². The Balaban J connectivity index is 1.73. The Labute approximate surface area is 198 Å². The van der Waals surface area contributed by atoms with Crippen molar-refractivity contribution in [1.82, 2.24) is 0 Å². The molecular formula is C22H19BrCl2N2O4. The summed E-state index contributed by atoms with van der Waals surface area (Å²) in [5.41, 5.74) is 2.58. The van der Waals surface area contributed by atoms with Crippen molar-refractivity contribution in [2.45, 2.75) is 20.1 Å². The molecule has 0 aliphatic heterocycles. The topological polar surface area (TPSA) is 73.6 Å². The molecule has 6 nitrogen and oxygen atoms in total. The van der Waals surface area contributed by atoms with Gasteiger partial charge in [-0.05, 0) is 64.8 Å². The fourth-order valence-electron chi connectivity index (χ4n) is 2.82. The highest BCUT2D eigenvalue weighted by Gasteiger charge is 2.14. The van der Waals surface area contributed by atoms with Crippen molar-refractivity contribution in [2.75, 3.05) is 11.9 Å². The van der Waals surface area contributed by atoms with Crippen LogP contribution < -0.4 is 14.8 Å². The molecule has 0 atom stereocenters. The minimum atomic E-state index is -0.425. The average molecular weight is 526 g/mol. The highest BCUT2D eigenvalue weighted by molar-refractivity contribution is 9.10. The summed E-state index contributed by atoms with van der Waals surface area (Å²) in [6.45, 7) is 3.13. The zero-order chi connectivity index (χ0) is 22.4. The third kappa shape index (κ3) is 6.26. The first kappa shape index (κ1) is 23.2. The van der Waals surface area contributed by atoms with E-state index in [-0.39, 0.29) is 12.3 Å². The highest BCUT2D eigenvalue weighted by Crippen LogP contribution is 2.38. The van der Waals surface area contributed by atoms with E-state index in [0.29, 0.717) is 34.7 Å². The van der Waals surface area contributed by atoms with Crippen LogP contribution in [0.3, 0.4) is 0 Å². The van der Waals surface area contributed by atoms with Crippen LogP contribution in [-0.4, -0.2) is 11.5 Å². The molecule has 3 aromatic rings. The molecule has 9 heteroatoms. The molecule has 0 aromatic heterocycles. The van der Waals surface area contributed by atoms with Gasteiger partial charge in [0.1, 0.15) is 6.61 Å². The second-order valence-corrected chi connectivity index (χ2v) is 8.22. The minimum Gasteiger partial charge on any atom is -0.490 e. The number of rotatable bonds is 9. The van der Waals surface area contributed by atoms with Crippen LogP contribution in [0.4, 0.5) is 11.4 Å². The minimum absolute atomic E-state index is 0.0502. The molecule has 0 heterocycles. The number of nitro groups is 1. The van der Waals surface area contributed by atoms with Gasteiger partial charge in [0.05, 0.1) is 16.0 Å². The van der Waals surface area contributed by atoms with Gasteiger partial charge in [-0.1, -0.05) is 29.3 Å². The van der Waals surface area contributed by atoms with Crippen molar-refractivity contribution >= 4 is 50.5 Å². The summed E-state index contributed by atoms with van der Waals surface area (Å²) in [6.07, 6.45) is 0. The van der Waals surface area contributed by atoms with E-state index in [1.165, 1.54) is 12.1 Å². The first-order valence-electron chi connectivity index (χ1n) is 9.37. The van der Waals surface area contributed by atoms with Crippen LogP contribution in [0.15, 0.2) is 59.1 Å².